The van der Waals surface area contributed by atoms with Crippen LogP contribution in [-0.4, -0.2) is 42.1 Å². The summed E-state index contributed by atoms with van der Waals surface area (Å²) in [5.74, 6) is -0.929. The van der Waals surface area contributed by atoms with Crippen LogP contribution in [0.2, 0.25) is 0 Å². The second-order valence-corrected chi connectivity index (χ2v) is 8.81. The first-order valence-corrected chi connectivity index (χ1v) is 9.99. The summed E-state index contributed by atoms with van der Waals surface area (Å²) in [6.07, 6.45) is 0.872. The molecule has 0 spiro atoms. The van der Waals surface area contributed by atoms with Gasteiger partial charge in [-0.2, -0.15) is 0 Å². The first-order valence-electron chi connectivity index (χ1n) is 9.20. The number of carbonyl (C=O) groups is 1. The van der Waals surface area contributed by atoms with E-state index in [9.17, 15) is 9.90 Å². The fraction of sp³-hybridized carbons (Fsp3) is 0.476. The van der Waals surface area contributed by atoms with E-state index in [2.05, 4.69) is 15.9 Å². The van der Waals surface area contributed by atoms with E-state index >= 15 is 0 Å². The van der Waals surface area contributed by atoms with Crippen LogP contribution in [0.5, 0.6) is 0 Å². The van der Waals surface area contributed by atoms with Crippen LogP contribution in [0.3, 0.4) is 0 Å². The number of hydrogen-bond acceptors (Lipinski definition) is 5. The largest absolute Gasteiger partial charge is 0.511 e. The molecule has 1 aromatic carbocycles. The van der Waals surface area contributed by atoms with Crippen molar-refractivity contribution in [1.29, 1.82) is 0 Å². The monoisotopic (exact) mass is 432 g/mol. The second kappa shape index (κ2) is 5.77. The van der Waals surface area contributed by atoms with Crippen molar-refractivity contribution >= 4 is 27.3 Å². The Kier molecular flexibility index (Phi) is 3.76. The maximum atomic E-state index is 13.5. The average Bonchev–Trinajstić information content (AvgIpc) is 3.32. The molecule has 3 heterocycles. The van der Waals surface area contributed by atoms with Crippen molar-refractivity contribution in [3.05, 3.63) is 50.7 Å². The summed E-state index contributed by atoms with van der Waals surface area (Å²) in [5.41, 5.74) is 3.40. The molecule has 4 atom stereocenters. The number of Topliss-reactive ketones (excluding diaryl/α,β-unsaturated/α-hetero) is 1. The molecule has 1 N–H and O–H groups in total. The van der Waals surface area contributed by atoms with E-state index in [1.54, 1.807) is 0 Å². The number of benzene rings is 1. The molecular formula is C21H21BrO5. The Morgan fingerprint density at radius 1 is 1.15 bits per heavy atom. The molecule has 27 heavy (non-hydrogen) atoms. The van der Waals surface area contributed by atoms with Crippen molar-refractivity contribution in [1.82, 2.24) is 0 Å². The first-order chi connectivity index (χ1) is 12.8. The number of hydrogen-bond donors (Lipinski definition) is 1. The van der Waals surface area contributed by atoms with Gasteiger partial charge in [0.2, 0.25) is 0 Å². The van der Waals surface area contributed by atoms with Gasteiger partial charge in [-0.25, -0.2) is 0 Å². The Bertz CT molecular complexity index is 903. The van der Waals surface area contributed by atoms with E-state index in [0.29, 0.717) is 18.8 Å². The normalized spacial score (nSPS) is 35.3. The summed E-state index contributed by atoms with van der Waals surface area (Å²) in [5, 5.41) is 11.3. The highest BCUT2D eigenvalue weighted by Gasteiger charge is 2.70. The van der Waals surface area contributed by atoms with Crippen molar-refractivity contribution in [2.24, 2.45) is 11.8 Å². The fourth-order valence-corrected chi connectivity index (χ4v) is 6.04. The maximum Gasteiger partial charge on any atom is 0.191 e. The molecule has 3 aliphatic heterocycles. The van der Waals surface area contributed by atoms with Gasteiger partial charge in [0.25, 0.3) is 0 Å². The van der Waals surface area contributed by atoms with E-state index in [1.165, 1.54) is 0 Å². The van der Waals surface area contributed by atoms with E-state index in [1.807, 2.05) is 39.0 Å². The fourth-order valence-electron chi connectivity index (χ4n) is 5.31. The predicted molar refractivity (Wildman–Crippen MR) is 102 cm³/mol. The van der Waals surface area contributed by atoms with Gasteiger partial charge >= 0.3 is 0 Å². The number of aryl methyl sites for hydroxylation is 3. The molecule has 0 amide bonds. The van der Waals surface area contributed by atoms with Crippen LogP contribution in [0.1, 0.15) is 22.3 Å². The summed E-state index contributed by atoms with van der Waals surface area (Å²) >= 11 is 3.55. The van der Waals surface area contributed by atoms with Crippen LogP contribution in [-0.2, 0) is 19.0 Å². The third-order valence-electron chi connectivity index (χ3n) is 6.15. The van der Waals surface area contributed by atoms with Crippen LogP contribution >= 0.6 is 15.9 Å². The summed E-state index contributed by atoms with van der Waals surface area (Å²) < 4.78 is 18.5. The average molecular weight is 433 g/mol. The molecular weight excluding hydrogens is 412 g/mol. The van der Waals surface area contributed by atoms with Crippen LogP contribution in [0.4, 0.5) is 0 Å². The number of halogens is 1. The lowest BCUT2D eigenvalue weighted by atomic mass is 9.76. The van der Waals surface area contributed by atoms with Crippen molar-refractivity contribution in [2.45, 2.75) is 38.8 Å². The van der Waals surface area contributed by atoms with Crippen LogP contribution in [0.15, 0.2) is 28.5 Å². The third-order valence-corrected chi connectivity index (χ3v) is 6.83. The van der Waals surface area contributed by atoms with Gasteiger partial charge in [0.1, 0.15) is 17.5 Å². The third kappa shape index (κ3) is 2.18. The molecule has 2 saturated heterocycles. The van der Waals surface area contributed by atoms with Gasteiger partial charge in [-0.05, 0) is 43.5 Å². The van der Waals surface area contributed by atoms with Gasteiger partial charge < -0.3 is 19.3 Å². The summed E-state index contributed by atoms with van der Waals surface area (Å²) in [6.45, 7) is 6.95. The zero-order valence-corrected chi connectivity index (χ0v) is 17.0. The Balaban J connectivity index is 1.68. The zero-order chi connectivity index (χ0) is 19.1. The molecule has 1 aliphatic carbocycles. The van der Waals surface area contributed by atoms with Crippen LogP contribution < -0.4 is 0 Å². The van der Waals surface area contributed by atoms with E-state index in [4.69, 9.17) is 14.2 Å². The Labute approximate surface area is 166 Å². The molecule has 5 nitrogen and oxygen atoms in total. The SMILES string of the molecule is Cc1cc(C)c(C2=C(O)[C@H]3[C@@H](C2=O)[C@H]2OC3(C3OCCO3)C=C2Br)c(C)c1. The lowest BCUT2D eigenvalue weighted by molar-refractivity contribution is -0.176. The first kappa shape index (κ1) is 17.6. The smallest absolute Gasteiger partial charge is 0.191 e. The highest BCUT2D eigenvalue weighted by Crippen LogP contribution is 2.61. The van der Waals surface area contributed by atoms with Crippen molar-refractivity contribution in [3.8, 4) is 0 Å². The molecule has 4 aliphatic rings. The minimum Gasteiger partial charge on any atom is -0.511 e. The number of aliphatic hydroxyl groups is 1. The van der Waals surface area contributed by atoms with Crippen molar-refractivity contribution < 1.29 is 24.1 Å². The number of aliphatic hydroxyl groups excluding tert-OH is 1. The number of fused-ring (bicyclic) bond motifs is 5. The maximum absolute atomic E-state index is 13.5. The number of allylic oxidation sites excluding steroid dienone is 1. The number of ether oxygens (including phenoxy) is 3. The van der Waals surface area contributed by atoms with Crippen LogP contribution in [0, 0.1) is 32.6 Å². The lowest BCUT2D eigenvalue weighted by Crippen LogP contribution is -2.47. The zero-order valence-electron chi connectivity index (χ0n) is 15.4. The molecule has 142 valence electrons. The summed E-state index contributed by atoms with van der Waals surface area (Å²) in [4.78, 5) is 13.5. The summed E-state index contributed by atoms with van der Waals surface area (Å²) in [7, 11) is 0. The molecule has 6 heteroatoms. The molecule has 2 fully saturated rings. The highest BCUT2D eigenvalue weighted by atomic mass is 79.9. The molecule has 5 rings (SSSR count). The van der Waals surface area contributed by atoms with Crippen molar-refractivity contribution in [2.75, 3.05) is 13.2 Å². The van der Waals surface area contributed by atoms with Crippen LogP contribution in [0.25, 0.3) is 5.57 Å². The number of ketones is 1. The lowest BCUT2D eigenvalue weighted by Gasteiger charge is -2.33. The summed E-state index contributed by atoms with van der Waals surface area (Å²) in [6, 6.07) is 4.09. The van der Waals surface area contributed by atoms with Gasteiger partial charge in [-0.15, -0.1) is 0 Å². The Morgan fingerprint density at radius 2 is 1.78 bits per heavy atom. The van der Waals surface area contributed by atoms with E-state index in [0.717, 1.165) is 26.7 Å². The van der Waals surface area contributed by atoms with E-state index in [-0.39, 0.29) is 11.5 Å². The molecule has 1 aromatic rings. The minimum atomic E-state index is -0.974. The van der Waals surface area contributed by atoms with Gasteiger partial charge in [-0.3, -0.25) is 4.79 Å². The van der Waals surface area contributed by atoms with Gasteiger partial charge in [-0.1, -0.05) is 33.6 Å². The van der Waals surface area contributed by atoms with Crippen molar-refractivity contribution in [3.63, 3.8) is 0 Å². The second-order valence-electron chi connectivity index (χ2n) is 7.90. The number of rotatable bonds is 2. The predicted octanol–water partition coefficient (Wildman–Crippen LogP) is 3.50. The quantitative estimate of drug-likeness (QED) is 0.774. The number of carbonyl (C=O) groups excluding carboxylic acids is 1. The minimum absolute atomic E-state index is 0.0672. The van der Waals surface area contributed by atoms with Gasteiger partial charge in [0.15, 0.2) is 12.1 Å². The van der Waals surface area contributed by atoms with Gasteiger partial charge in [0, 0.05) is 4.48 Å². The Hall–Kier alpha value is -1.47. The molecule has 0 radical (unpaired) electrons. The van der Waals surface area contributed by atoms with Gasteiger partial charge in [0.05, 0.1) is 30.6 Å². The Morgan fingerprint density at radius 3 is 2.41 bits per heavy atom. The molecule has 2 bridgehead atoms. The van der Waals surface area contributed by atoms with E-state index < -0.39 is 29.8 Å². The standard InChI is InChI=1S/C21H21BrO5/c1-9-6-10(2)13(11(3)7-9)14-17(23)15-16(18(14)24)21(20-25-4-5-26-20)8-12(22)19(15)27-21/h6-8,15-16,19-20,24H,4-5H2,1-3H3/t15-,16+,19-,21?/m0/s1. The molecule has 0 aromatic heterocycles. The molecule has 1 unspecified atom stereocenters. The molecule has 0 saturated carbocycles. The highest BCUT2D eigenvalue weighted by molar-refractivity contribution is 9.11. The topological polar surface area (TPSA) is 65.0 Å².